The molecule has 0 atom stereocenters. The zero-order valence-corrected chi connectivity index (χ0v) is 19.2. The molecule has 0 saturated heterocycles. The van der Waals surface area contributed by atoms with Gasteiger partial charge in [-0.05, 0) is 37.3 Å². The van der Waals surface area contributed by atoms with Crippen LogP contribution >= 0.6 is 0 Å². The number of amides is 2. The van der Waals surface area contributed by atoms with Crippen molar-refractivity contribution in [3.8, 4) is 17.2 Å². The van der Waals surface area contributed by atoms with Crippen molar-refractivity contribution in [1.29, 1.82) is 0 Å². The Balaban J connectivity index is 1.54. The molecule has 0 unspecified atom stereocenters. The number of nitrogens with zero attached hydrogens (tertiary/aromatic N) is 3. The predicted octanol–water partition coefficient (Wildman–Crippen LogP) is 4.02. The fourth-order valence-electron chi connectivity index (χ4n) is 3.54. The Hall–Kier alpha value is -4.73. The standard InChI is InChI=1S/C25H22FN5O4/c1-15-23(25(34)31(30(15)3)18-7-5-4-6-8-18)24(33)29-17-9-10-21(20(26)13-17)35-19-11-12-27-22(14-19)28-16(2)32/h4-14H,1-3H3,(H,29,33)(H,27,28,32). The average Bonchev–Trinajstić information content (AvgIpc) is 3.04. The quantitative estimate of drug-likeness (QED) is 0.438. The van der Waals surface area contributed by atoms with Gasteiger partial charge in [-0.1, -0.05) is 18.2 Å². The number of rotatable bonds is 6. The van der Waals surface area contributed by atoms with E-state index in [-0.39, 0.29) is 34.5 Å². The van der Waals surface area contributed by atoms with Gasteiger partial charge in [-0.15, -0.1) is 0 Å². The normalized spacial score (nSPS) is 10.6. The number of para-hydroxylation sites is 1. The molecule has 0 spiro atoms. The van der Waals surface area contributed by atoms with Gasteiger partial charge in [-0.25, -0.2) is 14.1 Å². The summed E-state index contributed by atoms with van der Waals surface area (Å²) in [6.45, 7) is 3.01. The maximum Gasteiger partial charge on any atom is 0.284 e. The van der Waals surface area contributed by atoms with Gasteiger partial charge in [0.25, 0.3) is 11.5 Å². The third-order valence-corrected chi connectivity index (χ3v) is 5.23. The van der Waals surface area contributed by atoms with E-state index in [2.05, 4.69) is 15.6 Å². The number of carbonyl (C=O) groups is 2. The van der Waals surface area contributed by atoms with Gasteiger partial charge in [0.05, 0.1) is 11.4 Å². The molecular weight excluding hydrogens is 453 g/mol. The van der Waals surface area contributed by atoms with E-state index in [1.54, 1.807) is 42.9 Å². The van der Waals surface area contributed by atoms with Crippen LogP contribution in [-0.4, -0.2) is 26.2 Å². The van der Waals surface area contributed by atoms with Crippen LogP contribution in [0.3, 0.4) is 0 Å². The number of carbonyl (C=O) groups excluding carboxylic acids is 2. The lowest BCUT2D eigenvalue weighted by atomic mass is 10.2. The summed E-state index contributed by atoms with van der Waals surface area (Å²) in [4.78, 5) is 41.1. The molecule has 2 amide bonds. The number of nitrogens with one attached hydrogen (secondary N) is 2. The van der Waals surface area contributed by atoms with Gasteiger partial charge in [0, 0.05) is 38.0 Å². The Bertz CT molecular complexity index is 1480. The second kappa shape index (κ2) is 9.64. The van der Waals surface area contributed by atoms with E-state index in [9.17, 15) is 18.8 Å². The van der Waals surface area contributed by atoms with Crippen LogP contribution in [0.2, 0.25) is 0 Å². The summed E-state index contributed by atoms with van der Waals surface area (Å²) in [5.74, 6) is -1.25. The van der Waals surface area contributed by atoms with Crippen LogP contribution < -0.4 is 20.9 Å². The molecule has 4 aromatic rings. The highest BCUT2D eigenvalue weighted by Gasteiger charge is 2.22. The van der Waals surface area contributed by atoms with E-state index in [0.29, 0.717) is 11.4 Å². The van der Waals surface area contributed by atoms with Gasteiger partial charge in [-0.2, -0.15) is 0 Å². The minimum atomic E-state index is -0.729. The molecule has 35 heavy (non-hydrogen) atoms. The van der Waals surface area contributed by atoms with E-state index < -0.39 is 17.3 Å². The molecule has 0 aliphatic rings. The number of hydrogen-bond acceptors (Lipinski definition) is 5. The number of pyridine rings is 1. The van der Waals surface area contributed by atoms with Crippen molar-refractivity contribution < 1.29 is 18.7 Å². The van der Waals surface area contributed by atoms with Gasteiger partial charge in [-0.3, -0.25) is 19.1 Å². The summed E-state index contributed by atoms with van der Waals surface area (Å²) >= 11 is 0. The van der Waals surface area contributed by atoms with Crippen molar-refractivity contribution in [2.45, 2.75) is 13.8 Å². The second-order valence-electron chi connectivity index (χ2n) is 7.70. The zero-order valence-electron chi connectivity index (χ0n) is 19.2. The Kier molecular flexibility index (Phi) is 6.45. The van der Waals surface area contributed by atoms with Crippen molar-refractivity contribution in [1.82, 2.24) is 14.3 Å². The maximum absolute atomic E-state index is 14.7. The van der Waals surface area contributed by atoms with Crippen LogP contribution in [-0.2, 0) is 11.8 Å². The van der Waals surface area contributed by atoms with Crippen LogP contribution in [0.5, 0.6) is 11.5 Å². The topological polar surface area (TPSA) is 107 Å². The lowest BCUT2D eigenvalue weighted by Crippen LogP contribution is -2.25. The summed E-state index contributed by atoms with van der Waals surface area (Å²) in [6.07, 6.45) is 1.41. The van der Waals surface area contributed by atoms with Crippen molar-refractivity contribution in [2.75, 3.05) is 10.6 Å². The molecule has 2 aromatic carbocycles. The predicted molar refractivity (Wildman–Crippen MR) is 129 cm³/mol. The van der Waals surface area contributed by atoms with Crippen LogP contribution in [0, 0.1) is 12.7 Å². The van der Waals surface area contributed by atoms with Crippen molar-refractivity contribution in [3.05, 3.63) is 94.3 Å². The summed E-state index contributed by atoms with van der Waals surface area (Å²) < 4.78 is 23.2. The van der Waals surface area contributed by atoms with E-state index in [0.717, 1.165) is 6.07 Å². The third-order valence-electron chi connectivity index (χ3n) is 5.23. The van der Waals surface area contributed by atoms with Crippen LogP contribution in [0.4, 0.5) is 15.9 Å². The summed E-state index contributed by atoms with van der Waals surface area (Å²) in [7, 11) is 1.68. The summed E-state index contributed by atoms with van der Waals surface area (Å²) in [5, 5.41) is 5.09. The molecule has 0 aliphatic heterocycles. The second-order valence-corrected chi connectivity index (χ2v) is 7.70. The molecule has 2 N–H and O–H groups in total. The molecule has 9 nitrogen and oxygen atoms in total. The highest BCUT2D eigenvalue weighted by molar-refractivity contribution is 6.05. The number of anilines is 2. The Morgan fingerprint density at radius 2 is 1.77 bits per heavy atom. The number of halogens is 1. The first-order valence-corrected chi connectivity index (χ1v) is 10.6. The molecule has 10 heteroatoms. The Morgan fingerprint density at radius 1 is 1.03 bits per heavy atom. The third kappa shape index (κ3) is 4.96. The first-order valence-electron chi connectivity index (χ1n) is 10.6. The molecule has 4 rings (SSSR count). The zero-order chi connectivity index (χ0) is 25.1. The van der Waals surface area contributed by atoms with Gasteiger partial charge >= 0.3 is 0 Å². The summed E-state index contributed by atoms with van der Waals surface area (Å²) in [6, 6.07) is 15.8. The molecule has 0 bridgehead atoms. The first-order chi connectivity index (χ1) is 16.7. The van der Waals surface area contributed by atoms with Crippen molar-refractivity contribution in [2.24, 2.45) is 7.05 Å². The van der Waals surface area contributed by atoms with Gasteiger partial charge in [0.15, 0.2) is 11.6 Å². The molecular formula is C25H22FN5O4. The lowest BCUT2D eigenvalue weighted by Gasteiger charge is -2.10. The fourth-order valence-corrected chi connectivity index (χ4v) is 3.54. The number of hydrogen-bond donors (Lipinski definition) is 2. The Morgan fingerprint density at radius 3 is 2.46 bits per heavy atom. The van der Waals surface area contributed by atoms with Crippen LogP contribution in [0.15, 0.2) is 71.7 Å². The Labute approximate surface area is 199 Å². The highest BCUT2D eigenvalue weighted by atomic mass is 19.1. The molecule has 0 aliphatic carbocycles. The minimum Gasteiger partial charge on any atom is -0.454 e. The molecule has 178 valence electrons. The number of benzene rings is 2. The SMILES string of the molecule is CC(=O)Nc1cc(Oc2ccc(NC(=O)c3c(C)n(C)n(-c4ccccc4)c3=O)cc2F)ccn1. The van der Waals surface area contributed by atoms with Crippen molar-refractivity contribution in [3.63, 3.8) is 0 Å². The molecule has 0 saturated carbocycles. The lowest BCUT2D eigenvalue weighted by molar-refractivity contribution is -0.114. The largest absolute Gasteiger partial charge is 0.454 e. The van der Waals surface area contributed by atoms with E-state index >= 15 is 0 Å². The molecule has 2 heterocycles. The van der Waals surface area contributed by atoms with Crippen LogP contribution in [0.1, 0.15) is 23.0 Å². The number of aromatic nitrogens is 3. The molecule has 0 radical (unpaired) electrons. The first kappa shape index (κ1) is 23.4. The van der Waals surface area contributed by atoms with Crippen LogP contribution in [0.25, 0.3) is 5.69 Å². The van der Waals surface area contributed by atoms with E-state index in [1.165, 1.54) is 42.1 Å². The molecule has 0 fully saturated rings. The molecule has 2 aromatic heterocycles. The van der Waals surface area contributed by atoms with Gasteiger partial charge < -0.3 is 15.4 Å². The minimum absolute atomic E-state index is 0.0422. The van der Waals surface area contributed by atoms with Gasteiger partial charge in [0.1, 0.15) is 17.1 Å². The summed E-state index contributed by atoms with van der Waals surface area (Å²) in [5.41, 5.74) is 0.709. The van der Waals surface area contributed by atoms with Gasteiger partial charge in [0.2, 0.25) is 5.91 Å². The fraction of sp³-hybridized carbons (Fsp3) is 0.120. The maximum atomic E-state index is 14.7. The smallest absolute Gasteiger partial charge is 0.284 e. The average molecular weight is 475 g/mol. The van der Waals surface area contributed by atoms with E-state index in [4.69, 9.17) is 4.74 Å². The van der Waals surface area contributed by atoms with E-state index in [1.807, 2.05) is 6.07 Å². The van der Waals surface area contributed by atoms with Crippen molar-refractivity contribution >= 4 is 23.3 Å². The monoisotopic (exact) mass is 475 g/mol. The highest BCUT2D eigenvalue weighted by Crippen LogP contribution is 2.28. The number of ether oxygens (including phenoxy) is 1.